The molecule has 0 saturated carbocycles. The monoisotopic (exact) mass is 289 g/mol. The second kappa shape index (κ2) is 5.92. The van der Waals surface area contributed by atoms with E-state index in [0.717, 1.165) is 16.8 Å². The predicted octanol–water partition coefficient (Wildman–Crippen LogP) is 3.65. The number of aromatic nitrogens is 1. The molecule has 0 aliphatic carbocycles. The average molecular weight is 290 g/mol. The van der Waals surface area contributed by atoms with Crippen LogP contribution in [0.25, 0.3) is 0 Å². The van der Waals surface area contributed by atoms with Crippen LogP contribution in [0.3, 0.4) is 0 Å². The van der Waals surface area contributed by atoms with Gasteiger partial charge < -0.3 is 10.6 Å². The zero-order valence-corrected chi connectivity index (χ0v) is 12.4. The van der Waals surface area contributed by atoms with E-state index in [0.29, 0.717) is 11.4 Å². The second-order valence-electron chi connectivity index (χ2n) is 4.59. The minimum absolute atomic E-state index is 0.210. The maximum absolute atomic E-state index is 12.2. The lowest BCUT2D eigenvalue weighted by molar-refractivity contribution is 0.102. The fourth-order valence-corrected chi connectivity index (χ4v) is 2.11. The van der Waals surface area contributed by atoms with Gasteiger partial charge in [-0.2, -0.15) is 0 Å². The topological polar surface area (TPSA) is 54.0 Å². The molecule has 2 rings (SSSR count). The molecule has 0 bridgehead atoms. The summed E-state index contributed by atoms with van der Waals surface area (Å²) >= 11 is 5.90. The van der Waals surface area contributed by atoms with E-state index < -0.39 is 0 Å². The fourth-order valence-electron chi connectivity index (χ4n) is 1.90. The molecule has 0 atom stereocenters. The molecule has 5 heteroatoms. The molecule has 0 spiro atoms. The van der Waals surface area contributed by atoms with Crippen molar-refractivity contribution in [1.29, 1.82) is 0 Å². The summed E-state index contributed by atoms with van der Waals surface area (Å²) in [6.45, 7) is 3.97. The second-order valence-corrected chi connectivity index (χ2v) is 4.97. The minimum atomic E-state index is -0.210. The zero-order chi connectivity index (χ0) is 14.7. The van der Waals surface area contributed by atoms with Crippen LogP contribution in [-0.2, 0) is 0 Å². The number of anilines is 2. The molecule has 1 aromatic carbocycles. The van der Waals surface area contributed by atoms with Crippen molar-refractivity contribution >= 4 is 29.0 Å². The van der Waals surface area contributed by atoms with Crippen molar-refractivity contribution in [2.24, 2.45) is 0 Å². The van der Waals surface area contributed by atoms with Gasteiger partial charge in [0, 0.05) is 18.3 Å². The molecule has 1 aromatic heterocycles. The van der Waals surface area contributed by atoms with E-state index in [1.165, 1.54) is 0 Å². The highest BCUT2D eigenvalue weighted by Gasteiger charge is 2.10. The Bertz CT molecular complexity index is 656. The predicted molar refractivity (Wildman–Crippen MR) is 82.7 cm³/mol. The number of hydrogen-bond donors (Lipinski definition) is 2. The summed E-state index contributed by atoms with van der Waals surface area (Å²) < 4.78 is 0. The molecule has 0 radical (unpaired) electrons. The Morgan fingerprint density at radius 2 is 1.95 bits per heavy atom. The van der Waals surface area contributed by atoms with Gasteiger partial charge in [0.2, 0.25) is 0 Å². The summed E-state index contributed by atoms with van der Waals surface area (Å²) in [5.74, 6) is 0.348. The quantitative estimate of drug-likeness (QED) is 0.848. The maximum Gasteiger partial charge on any atom is 0.255 e. The van der Waals surface area contributed by atoms with Gasteiger partial charge in [-0.15, -0.1) is 0 Å². The van der Waals surface area contributed by atoms with E-state index in [-0.39, 0.29) is 11.1 Å². The fraction of sp³-hybridized carbons (Fsp3) is 0.200. The highest BCUT2D eigenvalue weighted by molar-refractivity contribution is 6.30. The molecular weight excluding hydrogens is 274 g/mol. The van der Waals surface area contributed by atoms with Gasteiger partial charge in [-0.3, -0.25) is 4.79 Å². The molecule has 1 amide bonds. The lowest BCUT2D eigenvalue weighted by atomic mass is 10.1. The van der Waals surface area contributed by atoms with E-state index in [1.807, 2.05) is 32.0 Å². The molecular formula is C15H16ClN3O. The van der Waals surface area contributed by atoms with Crippen LogP contribution in [-0.4, -0.2) is 17.9 Å². The summed E-state index contributed by atoms with van der Waals surface area (Å²) in [7, 11) is 1.73. The summed E-state index contributed by atoms with van der Waals surface area (Å²) in [6, 6.07) is 9.08. The van der Waals surface area contributed by atoms with Crippen molar-refractivity contribution in [2.75, 3.05) is 17.7 Å². The highest BCUT2D eigenvalue weighted by atomic mass is 35.5. The standard InChI is InChI=1S/C15H16ClN3O/c1-9-4-5-12(10(2)6-9)18-15(20)11-7-13(16)19-14(8-11)17-3/h4-8H,1-3H3,(H,17,19)(H,18,20). The van der Waals surface area contributed by atoms with Gasteiger partial charge in [0.15, 0.2) is 0 Å². The molecule has 2 N–H and O–H groups in total. The van der Waals surface area contributed by atoms with Crippen molar-refractivity contribution in [2.45, 2.75) is 13.8 Å². The van der Waals surface area contributed by atoms with E-state index in [9.17, 15) is 4.79 Å². The number of benzene rings is 1. The van der Waals surface area contributed by atoms with Crippen LogP contribution in [0.1, 0.15) is 21.5 Å². The van der Waals surface area contributed by atoms with Gasteiger partial charge in [0.25, 0.3) is 5.91 Å². The van der Waals surface area contributed by atoms with Crippen LogP contribution in [0.4, 0.5) is 11.5 Å². The Hall–Kier alpha value is -2.07. The number of carbonyl (C=O) groups excluding carboxylic acids is 1. The Morgan fingerprint density at radius 3 is 2.60 bits per heavy atom. The lowest BCUT2D eigenvalue weighted by Crippen LogP contribution is -2.13. The molecule has 0 aliphatic rings. The largest absolute Gasteiger partial charge is 0.373 e. The first-order valence-electron chi connectivity index (χ1n) is 6.23. The zero-order valence-electron chi connectivity index (χ0n) is 11.6. The Morgan fingerprint density at radius 1 is 1.20 bits per heavy atom. The maximum atomic E-state index is 12.2. The number of carbonyl (C=O) groups is 1. The van der Waals surface area contributed by atoms with Gasteiger partial charge in [-0.05, 0) is 37.6 Å². The summed E-state index contributed by atoms with van der Waals surface area (Å²) in [5.41, 5.74) is 3.44. The third-order valence-electron chi connectivity index (χ3n) is 2.94. The molecule has 104 valence electrons. The molecule has 4 nitrogen and oxygen atoms in total. The highest BCUT2D eigenvalue weighted by Crippen LogP contribution is 2.19. The Labute approximate surface area is 123 Å². The molecule has 20 heavy (non-hydrogen) atoms. The van der Waals surface area contributed by atoms with Gasteiger partial charge in [0.05, 0.1) is 0 Å². The van der Waals surface area contributed by atoms with Gasteiger partial charge in [-0.1, -0.05) is 29.3 Å². The van der Waals surface area contributed by atoms with Crippen LogP contribution in [0.15, 0.2) is 30.3 Å². The Kier molecular flexibility index (Phi) is 4.25. The number of amides is 1. The number of nitrogens with zero attached hydrogens (tertiary/aromatic N) is 1. The van der Waals surface area contributed by atoms with E-state index in [1.54, 1.807) is 19.2 Å². The summed E-state index contributed by atoms with van der Waals surface area (Å²) in [6.07, 6.45) is 0. The number of nitrogens with one attached hydrogen (secondary N) is 2. The van der Waals surface area contributed by atoms with Crippen molar-refractivity contribution in [3.8, 4) is 0 Å². The van der Waals surface area contributed by atoms with E-state index in [4.69, 9.17) is 11.6 Å². The van der Waals surface area contributed by atoms with E-state index >= 15 is 0 Å². The first-order valence-corrected chi connectivity index (χ1v) is 6.61. The van der Waals surface area contributed by atoms with Gasteiger partial charge in [-0.25, -0.2) is 4.98 Å². The van der Waals surface area contributed by atoms with Crippen LogP contribution in [0.5, 0.6) is 0 Å². The SMILES string of the molecule is CNc1cc(C(=O)Nc2ccc(C)cc2C)cc(Cl)n1. The number of pyridine rings is 1. The van der Waals surface area contributed by atoms with Crippen LogP contribution >= 0.6 is 11.6 Å². The molecule has 0 fully saturated rings. The summed E-state index contributed by atoms with van der Waals surface area (Å²) in [5, 5.41) is 6.03. The van der Waals surface area contributed by atoms with Crippen molar-refractivity contribution in [3.05, 3.63) is 52.2 Å². The van der Waals surface area contributed by atoms with Crippen LogP contribution < -0.4 is 10.6 Å². The lowest BCUT2D eigenvalue weighted by Gasteiger charge is -2.10. The molecule has 0 saturated heterocycles. The Balaban J connectivity index is 2.26. The number of rotatable bonds is 3. The molecule has 0 unspecified atom stereocenters. The van der Waals surface area contributed by atoms with Gasteiger partial charge >= 0.3 is 0 Å². The molecule has 2 aromatic rings. The first kappa shape index (κ1) is 14.3. The molecule has 1 heterocycles. The third kappa shape index (κ3) is 3.27. The number of aryl methyl sites for hydroxylation is 2. The van der Waals surface area contributed by atoms with Crippen molar-refractivity contribution in [1.82, 2.24) is 4.98 Å². The number of hydrogen-bond acceptors (Lipinski definition) is 3. The molecule has 0 aliphatic heterocycles. The van der Waals surface area contributed by atoms with Crippen molar-refractivity contribution in [3.63, 3.8) is 0 Å². The smallest absolute Gasteiger partial charge is 0.255 e. The van der Waals surface area contributed by atoms with Gasteiger partial charge in [0.1, 0.15) is 11.0 Å². The van der Waals surface area contributed by atoms with Crippen molar-refractivity contribution < 1.29 is 4.79 Å². The van der Waals surface area contributed by atoms with Crippen LogP contribution in [0.2, 0.25) is 5.15 Å². The first-order chi connectivity index (χ1) is 9.49. The minimum Gasteiger partial charge on any atom is -0.373 e. The van der Waals surface area contributed by atoms with E-state index in [2.05, 4.69) is 15.6 Å². The number of halogens is 1. The van der Waals surface area contributed by atoms with Crippen LogP contribution in [0, 0.1) is 13.8 Å². The third-order valence-corrected chi connectivity index (χ3v) is 3.14. The average Bonchev–Trinajstić information content (AvgIpc) is 2.41. The normalized spacial score (nSPS) is 10.2. The summed E-state index contributed by atoms with van der Waals surface area (Å²) in [4.78, 5) is 16.3.